The average molecular weight is 357 g/mol. The van der Waals surface area contributed by atoms with Gasteiger partial charge in [-0.15, -0.1) is 11.3 Å². The molecule has 0 aliphatic heterocycles. The quantitative estimate of drug-likeness (QED) is 0.480. The summed E-state index contributed by atoms with van der Waals surface area (Å²) in [5.41, 5.74) is 4.00. The highest BCUT2D eigenvalue weighted by Crippen LogP contribution is 2.28. The van der Waals surface area contributed by atoms with Gasteiger partial charge in [-0.05, 0) is 36.6 Å². The number of thiophene rings is 1. The van der Waals surface area contributed by atoms with Crippen molar-refractivity contribution in [2.24, 2.45) is 5.92 Å². The smallest absolute Gasteiger partial charge is 0.159 e. The Kier molecular flexibility index (Phi) is 4.55. The van der Waals surface area contributed by atoms with Gasteiger partial charge in [-0.2, -0.15) is 0 Å². The number of fused-ring (bicyclic) bond motifs is 1. The summed E-state index contributed by atoms with van der Waals surface area (Å²) in [7, 11) is 0. The molecule has 0 amide bonds. The van der Waals surface area contributed by atoms with E-state index in [0.717, 1.165) is 38.8 Å². The minimum absolute atomic E-state index is 0.551. The Hall–Kier alpha value is -2.90. The molecule has 4 heteroatoms. The predicted octanol–water partition coefficient (Wildman–Crippen LogP) is 5.06. The zero-order valence-corrected chi connectivity index (χ0v) is 15.6. The maximum Gasteiger partial charge on any atom is 0.159 e. The molecule has 4 aromatic rings. The lowest BCUT2D eigenvalue weighted by atomic mass is 10.1. The third-order valence-electron chi connectivity index (χ3n) is 4.01. The van der Waals surface area contributed by atoms with E-state index in [1.165, 1.54) is 0 Å². The van der Waals surface area contributed by atoms with Gasteiger partial charge in [0.15, 0.2) is 5.65 Å². The first kappa shape index (κ1) is 16.6. The van der Waals surface area contributed by atoms with Crippen molar-refractivity contribution in [3.63, 3.8) is 0 Å². The van der Waals surface area contributed by atoms with Gasteiger partial charge in [0.1, 0.15) is 0 Å². The van der Waals surface area contributed by atoms with Crippen LogP contribution in [0.15, 0.2) is 61.1 Å². The molecule has 3 nitrogen and oxygen atoms in total. The second-order valence-corrected chi connectivity index (χ2v) is 7.69. The molecule has 0 spiro atoms. The van der Waals surface area contributed by atoms with Gasteiger partial charge in [-0.25, -0.2) is 4.98 Å². The van der Waals surface area contributed by atoms with E-state index >= 15 is 0 Å². The molecule has 0 fully saturated rings. The maximum atomic E-state index is 4.83. The van der Waals surface area contributed by atoms with E-state index in [1.54, 1.807) is 11.3 Å². The van der Waals surface area contributed by atoms with Crippen LogP contribution >= 0.6 is 11.3 Å². The summed E-state index contributed by atoms with van der Waals surface area (Å²) in [6.07, 6.45) is 6.81. The fourth-order valence-electron chi connectivity index (χ4n) is 2.82. The van der Waals surface area contributed by atoms with E-state index in [-0.39, 0.29) is 0 Å². The minimum Gasteiger partial charge on any atom is -0.303 e. The van der Waals surface area contributed by atoms with Gasteiger partial charge in [0, 0.05) is 24.2 Å². The fraction of sp³-hybridized carbons (Fsp3) is 0.182. The molecule has 128 valence electrons. The Labute approximate surface area is 157 Å². The van der Waals surface area contributed by atoms with Gasteiger partial charge in [-0.3, -0.25) is 4.98 Å². The van der Waals surface area contributed by atoms with Crippen LogP contribution in [0.3, 0.4) is 0 Å². The lowest BCUT2D eigenvalue weighted by Crippen LogP contribution is -2.00. The van der Waals surface area contributed by atoms with Crippen molar-refractivity contribution < 1.29 is 0 Å². The highest BCUT2D eigenvalue weighted by molar-refractivity contribution is 7.16. The zero-order chi connectivity index (χ0) is 17.9. The van der Waals surface area contributed by atoms with Crippen LogP contribution in [0.4, 0.5) is 0 Å². The Balaban J connectivity index is 1.65. The Morgan fingerprint density at radius 1 is 1.08 bits per heavy atom. The van der Waals surface area contributed by atoms with Crippen LogP contribution < -0.4 is 0 Å². The molecule has 0 saturated carbocycles. The number of nitrogens with zero attached hydrogens (tertiary/aromatic N) is 3. The third-order valence-corrected chi connectivity index (χ3v) is 5.04. The highest BCUT2D eigenvalue weighted by atomic mass is 32.1. The van der Waals surface area contributed by atoms with Crippen molar-refractivity contribution in [3.05, 3.63) is 77.2 Å². The summed E-state index contributed by atoms with van der Waals surface area (Å²) >= 11 is 1.67. The largest absolute Gasteiger partial charge is 0.303 e. The van der Waals surface area contributed by atoms with Gasteiger partial charge < -0.3 is 4.40 Å². The molecule has 3 heterocycles. The molecule has 0 radical (unpaired) electrons. The van der Waals surface area contributed by atoms with Gasteiger partial charge in [0.25, 0.3) is 0 Å². The summed E-state index contributed by atoms with van der Waals surface area (Å²) in [6, 6.07) is 14.2. The van der Waals surface area contributed by atoms with Crippen molar-refractivity contribution in [1.29, 1.82) is 0 Å². The van der Waals surface area contributed by atoms with Crippen LogP contribution in [0.2, 0.25) is 0 Å². The molecule has 3 aromatic heterocycles. The zero-order valence-electron chi connectivity index (χ0n) is 14.8. The third kappa shape index (κ3) is 3.54. The average Bonchev–Trinajstić information content (AvgIpc) is 3.27. The molecule has 26 heavy (non-hydrogen) atoms. The molecule has 0 aliphatic carbocycles. The van der Waals surface area contributed by atoms with Gasteiger partial charge in [0.05, 0.1) is 21.1 Å². The number of aromatic nitrogens is 3. The van der Waals surface area contributed by atoms with Gasteiger partial charge in [0.2, 0.25) is 0 Å². The summed E-state index contributed by atoms with van der Waals surface area (Å²) in [5.74, 6) is 7.00. The topological polar surface area (TPSA) is 30.2 Å². The number of hydrogen-bond donors (Lipinski definition) is 0. The van der Waals surface area contributed by atoms with Crippen LogP contribution in [-0.4, -0.2) is 14.4 Å². The van der Waals surface area contributed by atoms with Gasteiger partial charge >= 0.3 is 0 Å². The molecule has 0 atom stereocenters. The fourth-order valence-corrected chi connectivity index (χ4v) is 3.64. The molecular weight excluding hydrogens is 338 g/mol. The van der Waals surface area contributed by atoms with E-state index in [2.05, 4.69) is 53.4 Å². The first-order valence-corrected chi connectivity index (χ1v) is 9.50. The minimum atomic E-state index is 0.551. The van der Waals surface area contributed by atoms with E-state index in [4.69, 9.17) is 4.98 Å². The normalized spacial score (nSPS) is 10.9. The van der Waals surface area contributed by atoms with E-state index in [9.17, 15) is 0 Å². The molecule has 0 bridgehead atoms. The second-order valence-electron chi connectivity index (χ2n) is 6.61. The van der Waals surface area contributed by atoms with Crippen LogP contribution in [0.5, 0.6) is 0 Å². The summed E-state index contributed by atoms with van der Waals surface area (Å²) in [6.45, 7) is 4.40. The van der Waals surface area contributed by atoms with Crippen molar-refractivity contribution in [2.75, 3.05) is 0 Å². The number of imidazole rings is 1. The van der Waals surface area contributed by atoms with E-state index < -0.39 is 0 Å². The molecule has 0 saturated heterocycles. The van der Waals surface area contributed by atoms with Crippen LogP contribution in [0, 0.1) is 17.8 Å². The summed E-state index contributed by atoms with van der Waals surface area (Å²) < 4.78 is 2.06. The first-order chi connectivity index (χ1) is 12.7. The van der Waals surface area contributed by atoms with Crippen molar-refractivity contribution in [3.8, 4) is 22.4 Å². The first-order valence-electron chi connectivity index (χ1n) is 8.69. The van der Waals surface area contributed by atoms with Gasteiger partial charge in [-0.1, -0.05) is 43.9 Å². The number of rotatable bonds is 3. The molecule has 0 aliphatic rings. The molecule has 0 N–H and O–H groups in total. The van der Waals surface area contributed by atoms with Crippen molar-refractivity contribution in [1.82, 2.24) is 14.4 Å². The monoisotopic (exact) mass is 357 g/mol. The number of hydrogen-bond acceptors (Lipinski definition) is 3. The lowest BCUT2D eigenvalue weighted by molar-refractivity contribution is 0.635. The van der Waals surface area contributed by atoms with E-state index in [0.29, 0.717) is 5.92 Å². The van der Waals surface area contributed by atoms with Crippen molar-refractivity contribution >= 4 is 17.0 Å². The van der Waals surface area contributed by atoms with E-state index in [1.807, 2.05) is 42.7 Å². The molecule has 1 aromatic carbocycles. The summed E-state index contributed by atoms with van der Waals surface area (Å²) in [5, 5.41) is 0. The van der Waals surface area contributed by atoms with Crippen molar-refractivity contribution in [2.45, 2.75) is 20.3 Å². The highest BCUT2D eigenvalue weighted by Gasteiger charge is 2.11. The lowest BCUT2D eigenvalue weighted by Gasteiger charge is -2.04. The maximum absolute atomic E-state index is 4.83. The Morgan fingerprint density at radius 2 is 1.92 bits per heavy atom. The summed E-state index contributed by atoms with van der Waals surface area (Å²) in [4.78, 5) is 11.5. The van der Waals surface area contributed by atoms with Crippen LogP contribution in [0.1, 0.15) is 30.0 Å². The molecule has 0 unspecified atom stereocenters. The standard InChI is InChI=1S/C22H19N3S/c1-16(2)14-19-22-24-20(15-25(22)13-12-23-19)21-11-10-18(26-21)9-8-17-6-4-3-5-7-17/h3-7,10-13,15-16H,14H2,1-2H3. The SMILES string of the molecule is CC(C)Cc1nccn2cc(-c3ccc(C#Cc4ccccc4)s3)nc12. The van der Waals surface area contributed by atoms with Crippen LogP contribution in [-0.2, 0) is 6.42 Å². The molecule has 4 rings (SSSR count). The second kappa shape index (κ2) is 7.15. The Bertz CT molecular complexity index is 1090. The Morgan fingerprint density at radius 3 is 2.73 bits per heavy atom. The van der Waals surface area contributed by atoms with Crippen LogP contribution in [0.25, 0.3) is 16.2 Å². The molecular formula is C22H19N3S. The predicted molar refractivity (Wildman–Crippen MR) is 107 cm³/mol. The number of benzene rings is 1.